The minimum absolute atomic E-state index is 0.0112. The maximum Gasteiger partial charge on any atom is 0.424 e. The molecule has 10 heavy (non-hydrogen) atoms. The van der Waals surface area contributed by atoms with Gasteiger partial charge in [-0.2, -0.15) is 0 Å². The number of rotatable bonds is 0. The van der Waals surface area contributed by atoms with Crippen molar-refractivity contribution in [2.45, 2.75) is 13.8 Å². The maximum atomic E-state index is 10.7. The van der Waals surface area contributed by atoms with Crippen molar-refractivity contribution in [2.75, 3.05) is 13.2 Å². The van der Waals surface area contributed by atoms with Gasteiger partial charge >= 0.3 is 6.09 Å². The molecular formula is C6H12N2O2. The average Bonchev–Trinajstić information content (AvgIpc) is 1.79. The van der Waals surface area contributed by atoms with Gasteiger partial charge in [-0.25, -0.2) is 15.6 Å². The van der Waals surface area contributed by atoms with E-state index in [-0.39, 0.29) is 5.41 Å². The summed E-state index contributed by atoms with van der Waals surface area (Å²) in [6.07, 6.45) is -0.431. The summed E-state index contributed by atoms with van der Waals surface area (Å²) in [6, 6.07) is 0. The number of hydrogen-bond donors (Lipinski definition) is 1. The molecule has 0 saturated carbocycles. The first-order valence-corrected chi connectivity index (χ1v) is 3.20. The predicted molar refractivity (Wildman–Crippen MR) is 36.0 cm³/mol. The minimum atomic E-state index is -0.431. The van der Waals surface area contributed by atoms with E-state index in [9.17, 15) is 4.79 Å². The molecule has 0 atom stereocenters. The van der Waals surface area contributed by atoms with Crippen molar-refractivity contribution in [1.29, 1.82) is 0 Å². The summed E-state index contributed by atoms with van der Waals surface area (Å²) in [4.78, 5) is 10.7. The summed E-state index contributed by atoms with van der Waals surface area (Å²) in [7, 11) is 0. The van der Waals surface area contributed by atoms with Crippen LogP contribution in [0, 0.1) is 5.41 Å². The molecule has 0 aromatic rings. The fraction of sp³-hybridized carbons (Fsp3) is 0.833. The number of hydrazine groups is 1. The molecule has 1 aliphatic heterocycles. The molecule has 58 valence electrons. The predicted octanol–water partition coefficient (Wildman–Crippen LogP) is 0.339. The molecule has 0 spiro atoms. The first-order valence-electron chi connectivity index (χ1n) is 3.20. The van der Waals surface area contributed by atoms with E-state index in [4.69, 9.17) is 10.6 Å². The van der Waals surface area contributed by atoms with Gasteiger partial charge in [-0.1, -0.05) is 13.8 Å². The van der Waals surface area contributed by atoms with Crippen molar-refractivity contribution >= 4 is 6.09 Å². The Bertz CT molecular complexity index is 156. The van der Waals surface area contributed by atoms with Crippen molar-refractivity contribution in [2.24, 2.45) is 11.3 Å². The third kappa shape index (κ3) is 1.39. The highest BCUT2D eigenvalue weighted by Crippen LogP contribution is 2.20. The quantitative estimate of drug-likeness (QED) is 0.394. The van der Waals surface area contributed by atoms with Crippen molar-refractivity contribution in [3.8, 4) is 0 Å². The fourth-order valence-electron chi connectivity index (χ4n) is 0.911. The zero-order valence-electron chi connectivity index (χ0n) is 6.26. The molecule has 0 unspecified atom stereocenters. The fourth-order valence-corrected chi connectivity index (χ4v) is 0.911. The van der Waals surface area contributed by atoms with Crippen molar-refractivity contribution < 1.29 is 9.53 Å². The van der Waals surface area contributed by atoms with Crippen LogP contribution in [0.4, 0.5) is 4.79 Å². The lowest BCUT2D eigenvalue weighted by molar-refractivity contribution is 0.00940. The first kappa shape index (κ1) is 7.34. The lowest BCUT2D eigenvalue weighted by atomic mass is 9.94. The van der Waals surface area contributed by atoms with Gasteiger partial charge in [-0.3, -0.25) is 0 Å². The Morgan fingerprint density at radius 2 is 2.30 bits per heavy atom. The van der Waals surface area contributed by atoms with Crippen LogP contribution in [0.3, 0.4) is 0 Å². The zero-order chi connectivity index (χ0) is 7.78. The normalized spacial score (nSPS) is 24.3. The van der Waals surface area contributed by atoms with E-state index >= 15 is 0 Å². The van der Waals surface area contributed by atoms with Crippen LogP contribution >= 0.6 is 0 Å². The molecule has 2 N–H and O–H groups in total. The summed E-state index contributed by atoms with van der Waals surface area (Å²) in [5, 5.41) is 1.10. The van der Waals surface area contributed by atoms with E-state index in [2.05, 4.69) is 0 Å². The van der Waals surface area contributed by atoms with Gasteiger partial charge in [0.05, 0.1) is 0 Å². The van der Waals surface area contributed by atoms with E-state index in [1.165, 1.54) is 0 Å². The summed E-state index contributed by atoms with van der Waals surface area (Å²) >= 11 is 0. The Kier molecular flexibility index (Phi) is 1.56. The third-order valence-corrected chi connectivity index (χ3v) is 1.42. The molecule has 4 heteroatoms. The van der Waals surface area contributed by atoms with Crippen LogP contribution in [0.25, 0.3) is 0 Å². The van der Waals surface area contributed by atoms with E-state index < -0.39 is 6.09 Å². The maximum absolute atomic E-state index is 10.7. The second-order valence-electron chi connectivity index (χ2n) is 3.35. The molecule has 0 radical (unpaired) electrons. The molecule has 0 aromatic heterocycles. The highest BCUT2D eigenvalue weighted by atomic mass is 16.6. The molecule has 1 fully saturated rings. The van der Waals surface area contributed by atoms with Gasteiger partial charge in [-0.05, 0) is 0 Å². The number of nitrogens with zero attached hydrogens (tertiary/aromatic N) is 1. The standard InChI is InChI=1S/C6H12N2O2/c1-6(2)3-8(7)5(9)10-4-6/h3-4,7H2,1-2H3. The number of hydrogen-bond acceptors (Lipinski definition) is 3. The topological polar surface area (TPSA) is 55.6 Å². The molecule has 1 aliphatic rings. The van der Waals surface area contributed by atoms with Crippen LogP contribution in [0.5, 0.6) is 0 Å². The van der Waals surface area contributed by atoms with E-state index in [0.29, 0.717) is 13.2 Å². The van der Waals surface area contributed by atoms with E-state index in [1.54, 1.807) is 0 Å². The van der Waals surface area contributed by atoms with Gasteiger partial charge in [0, 0.05) is 12.0 Å². The lowest BCUT2D eigenvalue weighted by Crippen LogP contribution is -2.50. The van der Waals surface area contributed by atoms with Crippen molar-refractivity contribution in [1.82, 2.24) is 5.01 Å². The van der Waals surface area contributed by atoms with Crippen molar-refractivity contribution in [3.63, 3.8) is 0 Å². The average molecular weight is 144 g/mol. The van der Waals surface area contributed by atoms with Gasteiger partial charge in [0.25, 0.3) is 0 Å². The molecule has 1 rings (SSSR count). The molecule has 0 bridgehead atoms. The molecule has 0 aromatic carbocycles. The second-order valence-corrected chi connectivity index (χ2v) is 3.35. The Labute approximate surface area is 59.9 Å². The molecule has 1 heterocycles. The lowest BCUT2D eigenvalue weighted by Gasteiger charge is -2.34. The Morgan fingerprint density at radius 3 is 2.70 bits per heavy atom. The number of amides is 1. The van der Waals surface area contributed by atoms with E-state index in [0.717, 1.165) is 5.01 Å². The molecule has 1 amide bonds. The Balaban J connectivity index is 2.57. The van der Waals surface area contributed by atoms with Crippen LogP contribution in [-0.2, 0) is 4.74 Å². The molecule has 1 saturated heterocycles. The molecule has 4 nitrogen and oxygen atoms in total. The summed E-state index contributed by atoms with van der Waals surface area (Å²) < 4.78 is 4.77. The smallest absolute Gasteiger partial charge is 0.424 e. The van der Waals surface area contributed by atoms with Crippen LogP contribution < -0.4 is 5.84 Å². The van der Waals surface area contributed by atoms with Gasteiger partial charge < -0.3 is 4.74 Å². The van der Waals surface area contributed by atoms with Gasteiger partial charge in [0.15, 0.2) is 0 Å². The van der Waals surface area contributed by atoms with E-state index in [1.807, 2.05) is 13.8 Å². The molecular weight excluding hydrogens is 132 g/mol. The summed E-state index contributed by atoms with van der Waals surface area (Å²) in [5.41, 5.74) is -0.0112. The monoisotopic (exact) mass is 144 g/mol. The molecule has 0 aliphatic carbocycles. The van der Waals surface area contributed by atoms with Crippen LogP contribution in [0.2, 0.25) is 0 Å². The number of carbonyl (C=O) groups excluding carboxylic acids is 1. The van der Waals surface area contributed by atoms with Gasteiger partial charge in [-0.15, -0.1) is 0 Å². The van der Waals surface area contributed by atoms with Gasteiger partial charge in [0.1, 0.15) is 6.61 Å². The second kappa shape index (κ2) is 2.12. The Hall–Kier alpha value is -0.770. The van der Waals surface area contributed by atoms with Crippen LogP contribution in [0.15, 0.2) is 0 Å². The largest absolute Gasteiger partial charge is 0.448 e. The van der Waals surface area contributed by atoms with Gasteiger partial charge in [0.2, 0.25) is 0 Å². The SMILES string of the molecule is CC1(C)COC(=O)N(N)C1. The number of ether oxygens (including phenoxy) is 1. The highest BCUT2D eigenvalue weighted by molar-refractivity contribution is 5.67. The highest BCUT2D eigenvalue weighted by Gasteiger charge is 2.30. The number of cyclic esters (lactones) is 1. The first-order chi connectivity index (χ1) is 4.51. The number of nitrogens with two attached hydrogens (primary N) is 1. The van der Waals surface area contributed by atoms with Crippen LogP contribution in [-0.4, -0.2) is 24.3 Å². The van der Waals surface area contributed by atoms with Crippen LogP contribution in [0.1, 0.15) is 13.8 Å². The summed E-state index contributed by atoms with van der Waals surface area (Å²) in [6.45, 7) is 5.02. The van der Waals surface area contributed by atoms with Crippen molar-refractivity contribution in [3.05, 3.63) is 0 Å². The minimum Gasteiger partial charge on any atom is -0.448 e. The zero-order valence-corrected chi connectivity index (χ0v) is 6.26. The number of carbonyl (C=O) groups is 1. The third-order valence-electron chi connectivity index (χ3n) is 1.42. The Morgan fingerprint density at radius 1 is 1.70 bits per heavy atom. The summed E-state index contributed by atoms with van der Waals surface area (Å²) in [5.74, 6) is 5.31.